The van der Waals surface area contributed by atoms with E-state index in [0.717, 1.165) is 17.2 Å². The minimum Gasteiger partial charge on any atom is -0.454 e. The van der Waals surface area contributed by atoms with Crippen LogP contribution in [0.2, 0.25) is 0 Å². The molecule has 82 valence electrons. The van der Waals surface area contributed by atoms with E-state index in [2.05, 4.69) is 5.32 Å². The highest BCUT2D eigenvalue weighted by atomic mass is 16.7. The average Bonchev–Trinajstić information content (AvgIpc) is 2.60. The molecule has 4 heteroatoms. The van der Waals surface area contributed by atoms with Crippen LogP contribution in [0.3, 0.4) is 0 Å². The van der Waals surface area contributed by atoms with E-state index >= 15 is 0 Å². The van der Waals surface area contributed by atoms with E-state index < -0.39 is 5.60 Å². The van der Waals surface area contributed by atoms with E-state index in [0.29, 0.717) is 6.54 Å². The number of hydrogen-bond acceptors (Lipinski definition) is 4. The number of anilines is 1. The summed E-state index contributed by atoms with van der Waals surface area (Å²) >= 11 is 0. The summed E-state index contributed by atoms with van der Waals surface area (Å²) in [5.74, 6) is 1.51. The van der Waals surface area contributed by atoms with E-state index in [-0.39, 0.29) is 6.79 Å². The Morgan fingerprint density at radius 3 is 2.80 bits per heavy atom. The normalized spacial score (nSPS) is 14.1. The fourth-order valence-electron chi connectivity index (χ4n) is 1.32. The summed E-state index contributed by atoms with van der Waals surface area (Å²) in [6, 6.07) is 5.63. The second-order valence-corrected chi connectivity index (χ2v) is 4.23. The number of rotatable bonds is 3. The van der Waals surface area contributed by atoms with Crippen LogP contribution >= 0.6 is 0 Å². The van der Waals surface area contributed by atoms with Gasteiger partial charge in [-0.15, -0.1) is 0 Å². The van der Waals surface area contributed by atoms with Crippen molar-refractivity contribution in [2.75, 3.05) is 18.7 Å². The lowest BCUT2D eigenvalue weighted by Crippen LogP contribution is -2.29. The first-order valence-corrected chi connectivity index (χ1v) is 4.90. The zero-order valence-electron chi connectivity index (χ0n) is 8.91. The smallest absolute Gasteiger partial charge is 0.231 e. The summed E-state index contributed by atoms with van der Waals surface area (Å²) < 4.78 is 10.4. The van der Waals surface area contributed by atoms with Gasteiger partial charge in [-0.3, -0.25) is 0 Å². The second kappa shape index (κ2) is 3.62. The molecule has 0 atom stereocenters. The van der Waals surface area contributed by atoms with Crippen molar-refractivity contribution in [3.63, 3.8) is 0 Å². The average molecular weight is 209 g/mol. The Morgan fingerprint density at radius 1 is 1.33 bits per heavy atom. The molecule has 1 aliphatic heterocycles. The van der Waals surface area contributed by atoms with E-state index in [1.807, 2.05) is 18.2 Å². The van der Waals surface area contributed by atoms with Gasteiger partial charge in [-0.05, 0) is 26.0 Å². The third-order valence-electron chi connectivity index (χ3n) is 2.10. The van der Waals surface area contributed by atoms with Gasteiger partial charge in [0.1, 0.15) is 0 Å². The lowest BCUT2D eigenvalue weighted by Gasteiger charge is -2.18. The van der Waals surface area contributed by atoms with Crippen LogP contribution in [0.5, 0.6) is 11.5 Å². The summed E-state index contributed by atoms with van der Waals surface area (Å²) in [6.45, 7) is 4.29. The molecule has 2 rings (SSSR count). The molecule has 2 N–H and O–H groups in total. The number of nitrogens with one attached hydrogen (secondary N) is 1. The van der Waals surface area contributed by atoms with Gasteiger partial charge in [-0.25, -0.2) is 0 Å². The Kier molecular flexibility index (Phi) is 2.44. The molecule has 15 heavy (non-hydrogen) atoms. The molecule has 0 fully saturated rings. The summed E-state index contributed by atoms with van der Waals surface area (Å²) in [7, 11) is 0. The molecular weight excluding hydrogens is 194 g/mol. The quantitative estimate of drug-likeness (QED) is 0.793. The highest BCUT2D eigenvalue weighted by Crippen LogP contribution is 2.34. The van der Waals surface area contributed by atoms with Crippen molar-refractivity contribution in [3.8, 4) is 11.5 Å². The van der Waals surface area contributed by atoms with Gasteiger partial charge in [-0.1, -0.05) is 0 Å². The van der Waals surface area contributed by atoms with Crippen LogP contribution in [0.1, 0.15) is 13.8 Å². The topological polar surface area (TPSA) is 50.7 Å². The molecule has 1 aromatic carbocycles. The molecule has 1 aliphatic rings. The lowest BCUT2D eigenvalue weighted by atomic mass is 10.1. The van der Waals surface area contributed by atoms with E-state index in [1.54, 1.807) is 13.8 Å². The molecule has 0 radical (unpaired) electrons. The number of benzene rings is 1. The first-order valence-electron chi connectivity index (χ1n) is 4.90. The summed E-state index contributed by atoms with van der Waals surface area (Å²) in [5.41, 5.74) is 0.192. The minimum atomic E-state index is -0.726. The summed E-state index contributed by atoms with van der Waals surface area (Å²) in [6.07, 6.45) is 0. The highest BCUT2D eigenvalue weighted by molar-refractivity contribution is 5.55. The van der Waals surface area contributed by atoms with Gasteiger partial charge in [0.15, 0.2) is 11.5 Å². The van der Waals surface area contributed by atoms with Gasteiger partial charge in [0.2, 0.25) is 6.79 Å². The fraction of sp³-hybridized carbons (Fsp3) is 0.455. The first kappa shape index (κ1) is 10.1. The Balaban J connectivity index is 2.04. The third kappa shape index (κ3) is 2.53. The first-order chi connectivity index (χ1) is 7.04. The summed E-state index contributed by atoms with van der Waals surface area (Å²) in [4.78, 5) is 0. The van der Waals surface area contributed by atoms with Crippen LogP contribution in [0.4, 0.5) is 5.69 Å². The number of hydrogen-bond donors (Lipinski definition) is 2. The Morgan fingerprint density at radius 2 is 2.07 bits per heavy atom. The SMILES string of the molecule is CC(C)(O)CNc1ccc2c(c1)OCO2. The zero-order chi connectivity index (χ0) is 10.9. The minimum absolute atomic E-state index is 0.282. The summed E-state index contributed by atoms with van der Waals surface area (Å²) in [5, 5.41) is 12.7. The van der Waals surface area contributed by atoms with Crippen LogP contribution in [-0.4, -0.2) is 24.0 Å². The molecule has 4 nitrogen and oxygen atoms in total. The van der Waals surface area contributed by atoms with Crippen LogP contribution < -0.4 is 14.8 Å². The van der Waals surface area contributed by atoms with Crippen molar-refractivity contribution < 1.29 is 14.6 Å². The van der Waals surface area contributed by atoms with Crippen LogP contribution in [0, 0.1) is 0 Å². The molecule has 0 saturated carbocycles. The predicted molar refractivity (Wildman–Crippen MR) is 57.4 cm³/mol. The monoisotopic (exact) mass is 209 g/mol. The molecule has 0 amide bonds. The maximum atomic E-state index is 9.55. The fourth-order valence-corrected chi connectivity index (χ4v) is 1.32. The van der Waals surface area contributed by atoms with Crippen LogP contribution in [-0.2, 0) is 0 Å². The standard InChI is InChI=1S/C11H15NO3/c1-11(2,13)6-12-8-3-4-9-10(5-8)15-7-14-9/h3-5,12-13H,6-7H2,1-2H3. The molecule has 0 aliphatic carbocycles. The predicted octanol–water partition coefficient (Wildman–Crippen LogP) is 1.60. The highest BCUT2D eigenvalue weighted by Gasteiger charge is 2.15. The van der Waals surface area contributed by atoms with Gasteiger partial charge < -0.3 is 19.9 Å². The van der Waals surface area contributed by atoms with Gasteiger partial charge in [-0.2, -0.15) is 0 Å². The van der Waals surface area contributed by atoms with Crippen molar-refractivity contribution in [2.24, 2.45) is 0 Å². The molecule has 1 aromatic rings. The van der Waals surface area contributed by atoms with Crippen molar-refractivity contribution in [1.29, 1.82) is 0 Å². The molecule has 1 heterocycles. The molecule has 0 saturated heterocycles. The maximum Gasteiger partial charge on any atom is 0.231 e. The molecule has 0 bridgehead atoms. The number of ether oxygens (including phenoxy) is 2. The van der Waals surface area contributed by atoms with Crippen LogP contribution in [0.25, 0.3) is 0 Å². The van der Waals surface area contributed by atoms with Gasteiger partial charge in [0, 0.05) is 18.3 Å². The van der Waals surface area contributed by atoms with Crippen molar-refractivity contribution in [2.45, 2.75) is 19.4 Å². The molecule has 0 unspecified atom stereocenters. The zero-order valence-corrected chi connectivity index (χ0v) is 8.91. The van der Waals surface area contributed by atoms with Crippen LogP contribution in [0.15, 0.2) is 18.2 Å². The Labute approximate surface area is 88.8 Å². The molecule has 0 spiro atoms. The van der Waals surface area contributed by atoms with Crippen molar-refractivity contribution >= 4 is 5.69 Å². The van der Waals surface area contributed by atoms with Gasteiger partial charge in [0.05, 0.1) is 5.60 Å². The second-order valence-electron chi connectivity index (χ2n) is 4.23. The van der Waals surface area contributed by atoms with Gasteiger partial charge >= 0.3 is 0 Å². The number of fused-ring (bicyclic) bond motifs is 1. The van der Waals surface area contributed by atoms with Crippen molar-refractivity contribution in [1.82, 2.24) is 0 Å². The molecule has 0 aromatic heterocycles. The number of aliphatic hydroxyl groups is 1. The Bertz CT molecular complexity index is 357. The van der Waals surface area contributed by atoms with Gasteiger partial charge in [0.25, 0.3) is 0 Å². The Hall–Kier alpha value is -1.42. The molecular formula is C11H15NO3. The van der Waals surface area contributed by atoms with E-state index in [1.165, 1.54) is 0 Å². The van der Waals surface area contributed by atoms with Crippen molar-refractivity contribution in [3.05, 3.63) is 18.2 Å². The maximum absolute atomic E-state index is 9.55. The van der Waals surface area contributed by atoms with E-state index in [9.17, 15) is 5.11 Å². The van der Waals surface area contributed by atoms with E-state index in [4.69, 9.17) is 9.47 Å². The third-order valence-corrected chi connectivity index (χ3v) is 2.10. The largest absolute Gasteiger partial charge is 0.454 e. The lowest BCUT2D eigenvalue weighted by molar-refractivity contribution is 0.0945.